The molecule has 1 aliphatic rings. The quantitative estimate of drug-likeness (QED) is 0.859. The van der Waals surface area contributed by atoms with E-state index in [-0.39, 0.29) is 5.92 Å². The monoisotopic (exact) mass is 247 g/mol. The van der Waals surface area contributed by atoms with Gasteiger partial charge in [0, 0.05) is 6.42 Å². The summed E-state index contributed by atoms with van der Waals surface area (Å²) in [6.07, 6.45) is 5.72. The molecule has 0 amide bonds. The number of carbonyl (C=O) groups is 1. The van der Waals surface area contributed by atoms with Crippen LogP contribution in [0.25, 0.3) is 0 Å². The van der Waals surface area contributed by atoms with Gasteiger partial charge in [0.2, 0.25) is 0 Å². The Bertz CT molecular complexity index is 398. The molecular weight excluding hydrogens is 226 g/mol. The zero-order chi connectivity index (χ0) is 13.0. The molecule has 1 aromatic carbocycles. The van der Waals surface area contributed by atoms with E-state index in [0.29, 0.717) is 6.42 Å². The van der Waals surface area contributed by atoms with E-state index in [2.05, 4.69) is 0 Å². The lowest BCUT2D eigenvalue weighted by atomic mass is 9.72. The second-order valence-corrected chi connectivity index (χ2v) is 5.34. The first-order valence-corrected chi connectivity index (χ1v) is 6.69. The van der Waals surface area contributed by atoms with Crippen molar-refractivity contribution < 1.29 is 9.90 Å². The van der Waals surface area contributed by atoms with Crippen molar-refractivity contribution in [1.82, 2.24) is 0 Å². The molecule has 3 nitrogen and oxygen atoms in total. The minimum absolute atomic E-state index is 0.101. The summed E-state index contributed by atoms with van der Waals surface area (Å²) in [5, 5.41) is 9.52. The van der Waals surface area contributed by atoms with Crippen LogP contribution in [0.5, 0.6) is 0 Å². The van der Waals surface area contributed by atoms with Gasteiger partial charge < -0.3 is 10.8 Å². The molecule has 1 unspecified atom stereocenters. The van der Waals surface area contributed by atoms with E-state index in [1.807, 2.05) is 30.3 Å². The van der Waals surface area contributed by atoms with Crippen molar-refractivity contribution in [3.63, 3.8) is 0 Å². The molecule has 1 atom stereocenters. The Hall–Kier alpha value is -1.35. The highest BCUT2D eigenvalue weighted by Gasteiger charge is 2.42. The summed E-state index contributed by atoms with van der Waals surface area (Å²) in [6, 6.07) is 9.70. The molecular formula is C15H21NO2. The van der Waals surface area contributed by atoms with E-state index < -0.39 is 11.5 Å². The number of hydrogen-bond acceptors (Lipinski definition) is 2. The lowest BCUT2D eigenvalue weighted by Gasteiger charge is -2.36. The van der Waals surface area contributed by atoms with Gasteiger partial charge in [-0.25, -0.2) is 0 Å². The molecule has 0 radical (unpaired) electrons. The van der Waals surface area contributed by atoms with Gasteiger partial charge in [-0.05, 0) is 24.3 Å². The first-order chi connectivity index (χ1) is 8.63. The Morgan fingerprint density at radius 2 is 1.83 bits per heavy atom. The molecule has 3 N–H and O–H groups in total. The lowest BCUT2D eigenvalue weighted by Crippen LogP contribution is -2.56. The zero-order valence-corrected chi connectivity index (χ0v) is 10.6. The van der Waals surface area contributed by atoms with Crippen LogP contribution in [0.4, 0.5) is 0 Å². The van der Waals surface area contributed by atoms with Crippen molar-refractivity contribution in [3.05, 3.63) is 35.9 Å². The number of carboxylic acid groups (broad SMARTS) is 1. The van der Waals surface area contributed by atoms with Gasteiger partial charge in [-0.1, -0.05) is 49.6 Å². The second-order valence-electron chi connectivity index (χ2n) is 5.34. The van der Waals surface area contributed by atoms with E-state index >= 15 is 0 Å². The van der Waals surface area contributed by atoms with Crippen molar-refractivity contribution in [2.24, 2.45) is 11.7 Å². The molecule has 18 heavy (non-hydrogen) atoms. The van der Waals surface area contributed by atoms with E-state index in [0.717, 1.165) is 31.2 Å². The van der Waals surface area contributed by atoms with E-state index in [9.17, 15) is 9.90 Å². The summed E-state index contributed by atoms with van der Waals surface area (Å²) in [5.74, 6) is -0.762. The Balaban J connectivity index is 2.18. The number of aliphatic carboxylic acids is 1. The third kappa shape index (κ3) is 2.72. The molecule has 0 aromatic heterocycles. The third-order valence-electron chi connectivity index (χ3n) is 4.07. The second kappa shape index (κ2) is 5.53. The molecule has 1 saturated carbocycles. The average molecular weight is 247 g/mol. The summed E-state index contributed by atoms with van der Waals surface area (Å²) < 4.78 is 0. The van der Waals surface area contributed by atoms with Gasteiger partial charge in [-0.2, -0.15) is 0 Å². The van der Waals surface area contributed by atoms with Gasteiger partial charge in [-0.3, -0.25) is 4.79 Å². The zero-order valence-electron chi connectivity index (χ0n) is 10.6. The van der Waals surface area contributed by atoms with E-state index in [4.69, 9.17) is 5.73 Å². The number of hydrogen-bond donors (Lipinski definition) is 2. The first-order valence-electron chi connectivity index (χ1n) is 6.69. The minimum Gasteiger partial charge on any atom is -0.480 e. The highest BCUT2D eigenvalue weighted by Crippen LogP contribution is 2.33. The van der Waals surface area contributed by atoms with Gasteiger partial charge in [0.15, 0.2) is 0 Å². The number of nitrogens with two attached hydrogens (primary N) is 1. The summed E-state index contributed by atoms with van der Waals surface area (Å²) in [7, 11) is 0. The predicted octanol–water partition coefficient (Wildman–Crippen LogP) is 2.59. The summed E-state index contributed by atoms with van der Waals surface area (Å²) >= 11 is 0. The van der Waals surface area contributed by atoms with Crippen LogP contribution < -0.4 is 5.73 Å². The summed E-state index contributed by atoms with van der Waals surface area (Å²) in [4.78, 5) is 11.6. The maximum atomic E-state index is 11.6. The van der Waals surface area contributed by atoms with Gasteiger partial charge in [0.05, 0.1) is 0 Å². The van der Waals surface area contributed by atoms with Crippen molar-refractivity contribution in [2.45, 2.75) is 44.1 Å². The fourth-order valence-corrected chi connectivity index (χ4v) is 2.95. The van der Waals surface area contributed by atoms with Crippen LogP contribution in [-0.4, -0.2) is 16.6 Å². The molecule has 1 fully saturated rings. The van der Waals surface area contributed by atoms with Gasteiger partial charge in [-0.15, -0.1) is 0 Å². The van der Waals surface area contributed by atoms with Crippen molar-refractivity contribution in [2.75, 3.05) is 0 Å². The molecule has 0 heterocycles. The number of carboxylic acids is 1. The van der Waals surface area contributed by atoms with E-state index in [1.165, 1.54) is 6.42 Å². The standard InChI is InChI=1S/C15H21NO2/c16-15(14(17)18,13-9-5-2-6-10-13)11-12-7-3-1-4-8-12/h1,3-4,7-8,13H,2,5-6,9-11,16H2,(H,17,18). The Morgan fingerprint density at radius 3 is 2.39 bits per heavy atom. The molecule has 0 aliphatic heterocycles. The lowest BCUT2D eigenvalue weighted by molar-refractivity contribution is -0.146. The van der Waals surface area contributed by atoms with E-state index in [1.54, 1.807) is 0 Å². The number of benzene rings is 1. The molecule has 0 saturated heterocycles. The smallest absolute Gasteiger partial charge is 0.324 e. The van der Waals surface area contributed by atoms with Crippen LogP contribution >= 0.6 is 0 Å². The van der Waals surface area contributed by atoms with Crippen LogP contribution in [0.3, 0.4) is 0 Å². The molecule has 1 aliphatic carbocycles. The molecule has 2 rings (SSSR count). The topological polar surface area (TPSA) is 63.3 Å². The fourth-order valence-electron chi connectivity index (χ4n) is 2.95. The van der Waals surface area contributed by atoms with Crippen molar-refractivity contribution in [3.8, 4) is 0 Å². The predicted molar refractivity (Wildman–Crippen MR) is 71.3 cm³/mol. The van der Waals surface area contributed by atoms with Crippen LogP contribution in [0.1, 0.15) is 37.7 Å². The normalized spacial score (nSPS) is 20.3. The molecule has 3 heteroatoms. The largest absolute Gasteiger partial charge is 0.480 e. The molecule has 0 bridgehead atoms. The molecule has 1 aromatic rings. The minimum atomic E-state index is -1.11. The Kier molecular flexibility index (Phi) is 4.02. The number of rotatable bonds is 4. The van der Waals surface area contributed by atoms with Crippen LogP contribution in [0, 0.1) is 5.92 Å². The summed E-state index contributed by atoms with van der Waals surface area (Å²) in [6.45, 7) is 0. The van der Waals surface area contributed by atoms with Crippen LogP contribution in [-0.2, 0) is 11.2 Å². The maximum absolute atomic E-state index is 11.6. The highest BCUT2D eigenvalue weighted by molar-refractivity contribution is 5.79. The van der Waals surface area contributed by atoms with Crippen molar-refractivity contribution >= 4 is 5.97 Å². The highest BCUT2D eigenvalue weighted by atomic mass is 16.4. The summed E-state index contributed by atoms with van der Waals surface area (Å²) in [5.41, 5.74) is 6.15. The average Bonchev–Trinajstić information content (AvgIpc) is 2.40. The SMILES string of the molecule is NC(Cc1ccccc1)(C(=O)O)C1CCCCC1. The molecule has 0 spiro atoms. The third-order valence-corrected chi connectivity index (χ3v) is 4.07. The first kappa shape index (κ1) is 13.1. The Labute approximate surface area is 108 Å². The fraction of sp³-hybridized carbons (Fsp3) is 0.533. The molecule has 98 valence electrons. The van der Waals surface area contributed by atoms with Gasteiger partial charge in [0.25, 0.3) is 0 Å². The maximum Gasteiger partial charge on any atom is 0.324 e. The van der Waals surface area contributed by atoms with Crippen LogP contribution in [0.2, 0.25) is 0 Å². The van der Waals surface area contributed by atoms with Gasteiger partial charge in [0.1, 0.15) is 5.54 Å². The Morgan fingerprint density at radius 1 is 1.22 bits per heavy atom. The van der Waals surface area contributed by atoms with Crippen molar-refractivity contribution in [1.29, 1.82) is 0 Å². The van der Waals surface area contributed by atoms with Gasteiger partial charge >= 0.3 is 5.97 Å². The van der Waals surface area contributed by atoms with Crippen LogP contribution in [0.15, 0.2) is 30.3 Å².